The van der Waals surface area contributed by atoms with Crippen LogP contribution in [0.1, 0.15) is 12.5 Å². The smallest absolute Gasteiger partial charge is 0.341 e. The number of methoxy groups -OCH3 is 1. The molecule has 0 radical (unpaired) electrons. The van der Waals surface area contributed by atoms with Crippen molar-refractivity contribution in [2.24, 2.45) is 0 Å². The summed E-state index contributed by atoms with van der Waals surface area (Å²) in [5.74, 6) is -3.14. The molecule has 0 bridgehead atoms. The maximum absolute atomic E-state index is 12.6. The number of carbonyl (C=O) groups excluding carboxylic acids is 1. The first kappa shape index (κ1) is 21.8. The van der Waals surface area contributed by atoms with Crippen molar-refractivity contribution in [2.75, 3.05) is 25.5 Å². The number of sulfone groups is 1. The molecule has 2 rings (SSSR count). The summed E-state index contributed by atoms with van der Waals surface area (Å²) in [7, 11) is -3.10. The standard InChI is InChI=1S/C19H22F2N2O4S/c1-3-23(13-18(24)22-16-6-4-5-7-17(16)27-2)12-14-8-10-15(11-9-14)28(25,26)19(20)21/h4-11,19H,3,12-13H2,1-2H3,(H,22,24). The van der Waals surface area contributed by atoms with E-state index < -0.39 is 20.5 Å². The highest BCUT2D eigenvalue weighted by Crippen LogP contribution is 2.23. The van der Waals surface area contributed by atoms with Crippen LogP contribution in [0.25, 0.3) is 0 Å². The molecule has 0 aliphatic heterocycles. The first-order valence-electron chi connectivity index (χ1n) is 8.54. The highest BCUT2D eigenvalue weighted by atomic mass is 32.2. The lowest BCUT2D eigenvalue weighted by atomic mass is 10.2. The Labute approximate surface area is 163 Å². The van der Waals surface area contributed by atoms with E-state index in [2.05, 4.69) is 5.32 Å². The van der Waals surface area contributed by atoms with Crippen molar-refractivity contribution in [1.82, 2.24) is 4.90 Å². The summed E-state index contributed by atoms with van der Waals surface area (Å²) >= 11 is 0. The number of amides is 1. The number of rotatable bonds is 9. The van der Waals surface area contributed by atoms with Crippen LogP contribution in [-0.2, 0) is 21.2 Å². The maximum Gasteiger partial charge on any atom is 0.341 e. The summed E-state index contributed by atoms with van der Waals surface area (Å²) in [4.78, 5) is 13.7. The Morgan fingerprint density at radius 1 is 1.14 bits per heavy atom. The minimum absolute atomic E-state index is 0.103. The lowest BCUT2D eigenvalue weighted by Gasteiger charge is -2.20. The van der Waals surface area contributed by atoms with Crippen LogP contribution in [0.3, 0.4) is 0 Å². The van der Waals surface area contributed by atoms with Gasteiger partial charge in [-0.1, -0.05) is 31.2 Å². The fraction of sp³-hybridized carbons (Fsp3) is 0.316. The number of alkyl halides is 2. The van der Waals surface area contributed by atoms with Crippen LogP contribution >= 0.6 is 0 Å². The third kappa shape index (κ3) is 5.49. The first-order valence-corrected chi connectivity index (χ1v) is 10.1. The van der Waals surface area contributed by atoms with Crippen LogP contribution in [0.5, 0.6) is 5.75 Å². The molecule has 28 heavy (non-hydrogen) atoms. The molecular formula is C19H22F2N2O4S. The van der Waals surface area contributed by atoms with Crippen molar-refractivity contribution in [2.45, 2.75) is 24.1 Å². The van der Waals surface area contributed by atoms with Crippen molar-refractivity contribution in [3.63, 3.8) is 0 Å². The van der Waals surface area contributed by atoms with Gasteiger partial charge in [0.15, 0.2) is 0 Å². The summed E-state index contributed by atoms with van der Waals surface area (Å²) in [6, 6.07) is 12.3. The normalized spacial score (nSPS) is 11.6. The van der Waals surface area contributed by atoms with Gasteiger partial charge >= 0.3 is 5.76 Å². The minimum atomic E-state index is -4.61. The molecule has 0 atom stereocenters. The molecule has 0 saturated carbocycles. The Morgan fingerprint density at radius 2 is 1.79 bits per heavy atom. The SMILES string of the molecule is CCN(CC(=O)Nc1ccccc1OC)Cc1ccc(S(=O)(=O)C(F)F)cc1. The topological polar surface area (TPSA) is 75.7 Å². The van der Waals surface area contributed by atoms with Crippen molar-refractivity contribution < 1.29 is 26.7 Å². The Bertz CT molecular complexity index is 902. The zero-order chi connectivity index (χ0) is 20.7. The summed E-state index contributed by atoms with van der Waals surface area (Å²) in [6.07, 6.45) is 0. The van der Waals surface area contributed by atoms with E-state index in [0.29, 0.717) is 30.1 Å². The Kier molecular flexibility index (Phi) is 7.47. The second-order valence-electron chi connectivity index (χ2n) is 6.00. The molecule has 0 saturated heterocycles. The van der Waals surface area contributed by atoms with E-state index in [-0.39, 0.29) is 12.5 Å². The van der Waals surface area contributed by atoms with Crippen molar-refractivity contribution in [3.8, 4) is 5.75 Å². The number of nitrogens with zero attached hydrogens (tertiary/aromatic N) is 1. The van der Waals surface area contributed by atoms with E-state index in [4.69, 9.17) is 4.74 Å². The van der Waals surface area contributed by atoms with Gasteiger partial charge in [-0.15, -0.1) is 0 Å². The summed E-state index contributed by atoms with van der Waals surface area (Å²) in [5, 5.41) is 2.79. The van der Waals surface area contributed by atoms with E-state index >= 15 is 0 Å². The number of hydrogen-bond donors (Lipinski definition) is 1. The summed E-state index contributed by atoms with van der Waals surface area (Å²) < 4.78 is 53.3. The molecule has 1 N–H and O–H groups in total. The Balaban J connectivity index is 2.01. The largest absolute Gasteiger partial charge is 0.495 e. The number of carbonyl (C=O) groups is 1. The predicted octanol–water partition coefficient (Wildman–Crippen LogP) is 3.15. The number of likely N-dealkylation sites (N-methyl/N-ethyl adjacent to an activating group) is 1. The van der Waals surface area contributed by atoms with Gasteiger partial charge in [0.25, 0.3) is 0 Å². The van der Waals surface area contributed by atoms with Crippen LogP contribution in [0.4, 0.5) is 14.5 Å². The van der Waals surface area contributed by atoms with Crippen molar-refractivity contribution in [3.05, 3.63) is 54.1 Å². The van der Waals surface area contributed by atoms with Gasteiger partial charge in [0.1, 0.15) is 5.75 Å². The highest BCUT2D eigenvalue weighted by molar-refractivity contribution is 7.91. The van der Waals surface area contributed by atoms with Gasteiger partial charge in [0.05, 0.1) is 24.2 Å². The average molecular weight is 412 g/mol. The fourth-order valence-corrected chi connectivity index (χ4v) is 3.29. The zero-order valence-electron chi connectivity index (χ0n) is 15.6. The van der Waals surface area contributed by atoms with E-state index in [9.17, 15) is 22.0 Å². The molecule has 0 aliphatic carbocycles. The molecule has 0 aliphatic rings. The van der Waals surface area contributed by atoms with Gasteiger partial charge in [-0.2, -0.15) is 8.78 Å². The molecule has 0 aromatic heterocycles. The Morgan fingerprint density at radius 3 is 2.36 bits per heavy atom. The molecule has 2 aromatic carbocycles. The monoisotopic (exact) mass is 412 g/mol. The molecule has 152 valence electrons. The lowest BCUT2D eigenvalue weighted by molar-refractivity contribution is -0.117. The molecule has 1 amide bonds. The number of anilines is 1. The molecule has 2 aromatic rings. The fourth-order valence-electron chi connectivity index (χ4n) is 2.57. The quantitative estimate of drug-likeness (QED) is 0.685. The van der Waals surface area contributed by atoms with Crippen LogP contribution < -0.4 is 10.1 Å². The summed E-state index contributed by atoms with van der Waals surface area (Å²) in [5.41, 5.74) is 1.27. The first-order chi connectivity index (χ1) is 13.3. The minimum Gasteiger partial charge on any atom is -0.495 e. The molecule has 0 spiro atoms. The van der Waals surface area contributed by atoms with Gasteiger partial charge in [-0.3, -0.25) is 9.69 Å². The number of benzene rings is 2. The number of halogens is 2. The van der Waals surface area contributed by atoms with Gasteiger partial charge in [-0.25, -0.2) is 8.42 Å². The van der Waals surface area contributed by atoms with Crippen molar-refractivity contribution in [1.29, 1.82) is 0 Å². The van der Waals surface area contributed by atoms with E-state index in [0.717, 1.165) is 12.1 Å². The number of hydrogen-bond acceptors (Lipinski definition) is 5. The molecule has 9 heteroatoms. The molecule has 6 nitrogen and oxygen atoms in total. The van der Waals surface area contributed by atoms with E-state index in [1.165, 1.54) is 19.2 Å². The molecular weight excluding hydrogens is 390 g/mol. The van der Waals surface area contributed by atoms with E-state index in [1.54, 1.807) is 24.3 Å². The third-order valence-electron chi connectivity index (χ3n) is 4.09. The van der Waals surface area contributed by atoms with Gasteiger partial charge in [0, 0.05) is 6.54 Å². The maximum atomic E-state index is 12.6. The van der Waals surface area contributed by atoms with Crippen LogP contribution in [-0.4, -0.2) is 45.2 Å². The van der Waals surface area contributed by atoms with Crippen LogP contribution in [0.15, 0.2) is 53.4 Å². The lowest BCUT2D eigenvalue weighted by Crippen LogP contribution is -2.32. The van der Waals surface area contributed by atoms with Crippen LogP contribution in [0, 0.1) is 0 Å². The van der Waals surface area contributed by atoms with Gasteiger partial charge < -0.3 is 10.1 Å². The number of para-hydroxylation sites is 2. The van der Waals surface area contributed by atoms with Crippen molar-refractivity contribution >= 4 is 21.4 Å². The van der Waals surface area contributed by atoms with Crippen LogP contribution in [0.2, 0.25) is 0 Å². The summed E-state index contributed by atoms with van der Waals surface area (Å²) in [6.45, 7) is 2.92. The molecule has 0 unspecified atom stereocenters. The third-order valence-corrected chi connectivity index (χ3v) is 5.49. The number of ether oxygens (including phenoxy) is 1. The Hall–Kier alpha value is -2.52. The van der Waals surface area contributed by atoms with Gasteiger partial charge in [0.2, 0.25) is 15.7 Å². The van der Waals surface area contributed by atoms with Gasteiger partial charge in [-0.05, 0) is 36.4 Å². The average Bonchev–Trinajstić information content (AvgIpc) is 2.68. The second-order valence-corrected chi connectivity index (χ2v) is 7.92. The van der Waals surface area contributed by atoms with E-state index in [1.807, 2.05) is 11.8 Å². The number of nitrogens with one attached hydrogen (secondary N) is 1. The highest BCUT2D eigenvalue weighted by Gasteiger charge is 2.26. The predicted molar refractivity (Wildman–Crippen MR) is 102 cm³/mol. The molecule has 0 heterocycles. The zero-order valence-corrected chi connectivity index (χ0v) is 16.4. The molecule has 0 fully saturated rings. The second kappa shape index (κ2) is 9.61.